The quantitative estimate of drug-likeness (QED) is 0.858. The Bertz CT molecular complexity index is 658. The van der Waals surface area contributed by atoms with E-state index in [0.717, 1.165) is 0 Å². The summed E-state index contributed by atoms with van der Waals surface area (Å²) in [7, 11) is 0. The molecule has 0 unspecified atom stereocenters. The lowest BCUT2D eigenvalue weighted by Gasteiger charge is -2.27. The van der Waals surface area contributed by atoms with Crippen molar-refractivity contribution in [3.05, 3.63) is 35.6 Å². The number of ether oxygens (including phenoxy) is 1. The van der Waals surface area contributed by atoms with Crippen molar-refractivity contribution in [1.82, 2.24) is 10.2 Å². The predicted octanol–water partition coefficient (Wildman–Crippen LogP) is 0.294. The van der Waals surface area contributed by atoms with Crippen LogP contribution in [0.3, 0.4) is 0 Å². The van der Waals surface area contributed by atoms with Crippen molar-refractivity contribution in [2.24, 2.45) is 5.16 Å². The summed E-state index contributed by atoms with van der Waals surface area (Å²) < 4.78 is 18.4. The highest BCUT2D eigenvalue weighted by molar-refractivity contribution is 6.04. The van der Waals surface area contributed by atoms with E-state index in [1.165, 1.54) is 12.1 Å². The minimum Gasteiger partial charge on any atom is -0.382 e. The Hall–Kier alpha value is -2.48. The van der Waals surface area contributed by atoms with Crippen molar-refractivity contribution < 1.29 is 23.6 Å². The summed E-state index contributed by atoms with van der Waals surface area (Å²) in [6, 6.07) is 5.95. The average molecular weight is 335 g/mol. The first kappa shape index (κ1) is 16.4. The van der Waals surface area contributed by atoms with Crippen LogP contribution in [0.2, 0.25) is 0 Å². The molecule has 128 valence electrons. The zero-order valence-electron chi connectivity index (χ0n) is 13.0. The van der Waals surface area contributed by atoms with Gasteiger partial charge >= 0.3 is 0 Å². The van der Waals surface area contributed by atoms with E-state index in [0.29, 0.717) is 37.6 Å². The van der Waals surface area contributed by atoms with E-state index in [2.05, 4.69) is 10.5 Å². The van der Waals surface area contributed by atoms with Gasteiger partial charge in [0.05, 0.1) is 25.5 Å². The van der Waals surface area contributed by atoms with Gasteiger partial charge in [0.1, 0.15) is 5.82 Å². The minimum atomic E-state index is -0.805. The fourth-order valence-electron chi connectivity index (χ4n) is 2.56. The van der Waals surface area contributed by atoms with Gasteiger partial charge in [-0.15, -0.1) is 0 Å². The highest BCUT2D eigenvalue weighted by Crippen LogP contribution is 2.17. The van der Waals surface area contributed by atoms with Crippen LogP contribution in [0.15, 0.2) is 29.4 Å². The Morgan fingerprint density at radius 3 is 2.88 bits per heavy atom. The van der Waals surface area contributed by atoms with Crippen molar-refractivity contribution in [2.45, 2.75) is 12.5 Å². The largest absolute Gasteiger partial charge is 0.382 e. The molecule has 0 aliphatic carbocycles. The Balaban J connectivity index is 1.48. The second-order valence-corrected chi connectivity index (χ2v) is 5.56. The Kier molecular flexibility index (Phi) is 5.05. The molecule has 24 heavy (non-hydrogen) atoms. The first-order chi connectivity index (χ1) is 11.6. The number of nitrogens with zero attached hydrogens (tertiary/aromatic N) is 2. The maximum Gasteiger partial charge on any atom is 0.264 e. The number of carbonyl (C=O) groups excluding carboxylic acids is 2. The third-order valence-corrected chi connectivity index (χ3v) is 3.90. The molecule has 1 aromatic rings. The summed E-state index contributed by atoms with van der Waals surface area (Å²) in [6.45, 7) is 1.99. The molecule has 1 N–H and O–H groups in total. The Morgan fingerprint density at radius 2 is 2.12 bits per heavy atom. The van der Waals surface area contributed by atoms with Gasteiger partial charge < -0.3 is 19.8 Å². The predicted molar refractivity (Wildman–Crippen MR) is 82.8 cm³/mol. The van der Waals surface area contributed by atoms with Gasteiger partial charge in [-0.1, -0.05) is 17.3 Å². The number of rotatable bonds is 4. The van der Waals surface area contributed by atoms with Gasteiger partial charge in [0.2, 0.25) is 12.0 Å². The van der Waals surface area contributed by atoms with Crippen LogP contribution < -0.4 is 5.32 Å². The monoisotopic (exact) mass is 335 g/mol. The molecular formula is C16H18FN3O4. The molecule has 1 atom stereocenters. The molecule has 2 aliphatic rings. The van der Waals surface area contributed by atoms with Crippen LogP contribution >= 0.6 is 0 Å². The number of amides is 2. The SMILES string of the molecule is O=C(NCC(=O)N1CCOCC1)[C@@H]1CC(c2cccc(F)c2)=NO1. The van der Waals surface area contributed by atoms with Crippen LogP contribution in [0.1, 0.15) is 12.0 Å². The topological polar surface area (TPSA) is 80.2 Å². The number of halogens is 1. The number of benzene rings is 1. The van der Waals surface area contributed by atoms with E-state index in [-0.39, 0.29) is 24.7 Å². The summed E-state index contributed by atoms with van der Waals surface area (Å²) in [5, 5.41) is 6.41. The molecule has 8 heteroatoms. The number of oxime groups is 1. The van der Waals surface area contributed by atoms with Crippen molar-refractivity contribution in [1.29, 1.82) is 0 Å². The fourth-order valence-corrected chi connectivity index (χ4v) is 2.56. The van der Waals surface area contributed by atoms with E-state index in [9.17, 15) is 14.0 Å². The van der Waals surface area contributed by atoms with E-state index < -0.39 is 12.0 Å². The molecule has 1 fully saturated rings. The maximum absolute atomic E-state index is 13.2. The van der Waals surface area contributed by atoms with Gasteiger partial charge in [0, 0.05) is 25.1 Å². The molecule has 0 bridgehead atoms. The highest BCUT2D eigenvalue weighted by atomic mass is 19.1. The molecule has 0 saturated carbocycles. The molecule has 7 nitrogen and oxygen atoms in total. The second kappa shape index (κ2) is 7.39. The first-order valence-corrected chi connectivity index (χ1v) is 7.75. The molecule has 2 heterocycles. The van der Waals surface area contributed by atoms with E-state index in [1.807, 2.05) is 0 Å². The van der Waals surface area contributed by atoms with Gasteiger partial charge in [-0.3, -0.25) is 9.59 Å². The number of nitrogens with one attached hydrogen (secondary N) is 1. The Morgan fingerprint density at radius 1 is 1.33 bits per heavy atom. The molecule has 1 saturated heterocycles. The molecule has 0 spiro atoms. The number of hydrogen-bond donors (Lipinski definition) is 1. The van der Waals surface area contributed by atoms with Crippen molar-refractivity contribution in [2.75, 3.05) is 32.8 Å². The molecule has 3 rings (SSSR count). The van der Waals surface area contributed by atoms with Gasteiger partial charge in [0.25, 0.3) is 5.91 Å². The lowest BCUT2D eigenvalue weighted by Crippen LogP contribution is -2.47. The van der Waals surface area contributed by atoms with Crippen LogP contribution in [-0.4, -0.2) is 61.4 Å². The lowest BCUT2D eigenvalue weighted by atomic mass is 10.0. The van der Waals surface area contributed by atoms with Crippen molar-refractivity contribution >= 4 is 17.5 Å². The highest BCUT2D eigenvalue weighted by Gasteiger charge is 2.29. The zero-order chi connectivity index (χ0) is 16.9. The van der Waals surface area contributed by atoms with Gasteiger partial charge in [-0.2, -0.15) is 0 Å². The fraction of sp³-hybridized carbons (Fsp3) is 0.438. The summed E-state index contributed by atoms with van der Waals surface area (Å²) in [6.07, 6.45) is -0.568. The van der Waals surface area contributed by atoms with Gasteiger partial charge in [-0.25, -0.2) is 4.39 Å². The molecular weight excluding hydrogens is 317 g/mol. The molecule has 2 aliphatic heterocycles. The average Bonchev–Trinajstić information content (AvgIpc) is 3.10. The van der Waals surface area contributed by atoms with Gasteiger partial charge in [-0.05, 0) is 12.1 Å². The van der Waals surface area contributed by atoms with Crippen LogP contribution in [0.4, 0.5) is 4.39 Å². The van der Waals surface area contributed by atoms with Crippen molar-refractivity contribution in [3.63, 3.8) is 0 Å². The van der Waals surface area contributed by atoms with Crippen LogP contribution in [-0.2, 0) is 19.2 Å². The molecule has 1 aromatic carbocycles. The maximum atomic E-state index is 13.2. The summed E-state index contributed by atoms with van der Waals surface area (Å²) in [5.41, 5.74) is 1.09. The number of hydrogen-bond acceptors (Lipinski definition) is 5. The Labute approximate surface area is 138 Å². The second-order valence-electron chi connectivity index (χ2n) is 5.56. The van der Waals surface area contributed by atoms with Crippen LogP contribution in [0, 0.1) is 5.82 Å². The number of carbonyl (C=O) groups is 2. The minimum absolute atomic E-state index is 0.0893. The summed E-state index contributed by atoms with van der Waals surface area (Å²) >= 11 is 0. The summed E-state index contributed by atoms with van der Waals surface area (Å²) in [4.78, 5) is 30.8. The first-order valence-electron chi connectivity index (χ1n) is 7.75. The number of morpholine rings is 1. The third-order valence-electron chi connectivity index (χ3n) is 3.90. The lowest BCUT2D eigenvalue weighted by molar-refractivity contribution is -0.138. The van der Waals surface area contributed by atoms with Crippen LogP contribution in [0.25, 0.3) is 0 Å². The molecule has 0 aromatic heterocycles. The normalized spacial score (nSPS) is 20.3. The van der Waals surface area contributed by atoms with E-state index in [1.54, 1.807) is 17.0 Å². The zero-order valence-corrected chi connectivity index (χ0v) is 13.0. The van der Waals surface area contributed by atoms with E-state index in [4.69, 9.17) is 9.57 Å². The molecule has 2 amide bonds. The summed E-state index contributed by atoms with van der Waals surface area (Å²) in [5.74, 6) is -0.943. The standard InChI is InChI=1S/C16H18FN3O4/c17-12-3-1-2-11(8-12)13-9-14(24-19-13)16(22)18-10-15(21)20-4-6-23-7-5-20/h1-3,8,14H,4-7,9-10H2,(H,18,22)/t14-/m0/s1. The van der Waals surface area contributed by atoms with Crippen LogP contribution in [0.5, 0.6) is 0 Å². The van der Waals surface area contributed by atoms with E-state index >= 15 is 0 Å². The molecule has 0 radical (unpaired) electrons. The smallest absolute Gasteiger partial charge is 0.264 e. The van der Waals surface area contributed by atoms with Crippen molar-refractivity contribution in [3.8, 4) is 0 Å². The van der Waals surface area contributed by atoms with Gasteiger partial charge in [0.15, 0.2) is 0 Å². The third kappa shape index (κ3) is 3.88.